The largest absolute Gasteiger partial charge is 0.426 e. The second kappa shape index (κ2) is 9.74. The van der Waals surface area contributed by atoms with Gasteiger partial charge in [-0.25, -0.2) is 4.39 Å². The minimum absolute atomic E-state index is 0.0198. The van der Waals surface area contributed by atoms with Crippen molar-refractivity contribution in [2.24, 2.45) is 23.7 Å². The van der Waals surface area contributed by atoms with Crippen LogP contribution in [-0.4, -0.2) is 18.7 Å². The predicted molar refractivity (Wildman–Crippen MR) is 123 cm³/mol. The maximum absolute atomic E-state index is 13.1. The van der Waals surface area contributed by atoms with Gasteiger partial charge in [0.15, 0.2) is 0 Å². The number of esters is 1. The van der Waals surface area contributed by atoms with Gasteiger partial charge in [-0.1, -0.05) is 37.1 Å². The summed E-state index contributed by atoms with van der Waals surface area (Å²) in [6.45, 7) is 0.985. The minimum atomic E-state index is -0.245. The van der Waals surface area contributed by atoms with Crippen LogP contribution in [0.15, 0.2) is 48.5 Å². The van der Waals surface area contributed by atoms with Gasteiger partial charge in [-0.15, -0.1) is 0 Å². The lowest BCUT2D eigenvalue weighted by Crippen LogP contribution is -2.30. The van der Waals surface area contributed by atoms with Crippen LogP contribution in [0.25, 0.3) is 11.1 Å². The zero-order valence-electron chi connectivity index (χ0n) is 18.7. The van der Waals surface area contributed by atoms with E-state index in [0.29, 0.717) is 11.9 Å². The Labute approximate surface area is 190 Å². The third kappa shape index (κ3) is 5.40. The molecule has 4 heteroatoms. The molecular weight excluding hydrogens is 403 g/mol. The van der Waals surface area contributed by atoms with Crippen molar-refractivity contribution in [1.29, 1.82) is 0 Å². The van der Waals surface area contributed by atoms with Gasteiger partial charge in [0, 0.05) is 0 Å². The molecule has 0 aromatic heterocycles. The van der Waals surface area contributed by atoms with E-state index in [4.69, 9.17) is 9.47 Å². The molecule has 3 fully saturated rings. The van der Waals surface area contributed by atoms with E-state index in [2.05, 4.69) is 0 Å². The van der Waals surface area contributed by atoms with Crippen molar-refractivity contribution < 1.29 is 18.7 Å². The molecule has 0 bridgehead atoms. The van der Waals surface area contributed by atoms with Gasteiger partial charge in [0.25, 0.3) is 0 Å². The fourth-order valence-electron chi connectivity index (χ4n) is 5.85. The Balaban J connectivity index is 1.07. The Hall–Kier alpha value is -2.20. The Morgan fingerprint density at radius 3 is 1.91 bits per heavy atom. The first kappa shape index (κ1) is 21.6. The third-order valence-electron chi connectivity index (χ3n) is 7.91. The van der Waals surface area contributed by atoms with E-state index < -0.39 is 0 Å². The minimum Gasteiger partial charge on any atom is -0.426 e. The van der Waals surface area contributed by atoms with E-state index in [9.17, 15) is 9.18 Å². The predicted octanol–water partition coefficient (Wildman–Crippen LogP) is 6.80. The molecule has 1 aliphatic heterocycles. The Kier molecular flexibility index (Phi) is 6.59. The van der Waals surface area contributed by atoms with Crippen molar-refractivity contribution >= 4 is 5.97 Å². The molecule has 0 radical (unpaired) electrons. The van der Waals surface area contributed by atoms with Crippen molar-refractivity contribution in [3.05, 3.63) is 54.3 Å². The van der Waals surface area contributed by atoms with E-state index in [1.54, 1.807) is 12.1 Å². The quantitative estimate of drug-likeness (QED) is 0.284. The fourth-order valence-corrected chi connectivity index (χ4v) is 5.85. The van der Waals surface area contributed by atoms with Crippen molar-refractivity contribution in [3.8, 4) is 16.9 Å². The van der Waals surface area contributed by atoms with Crippen molar-refractivity contribution in [2.75, 3.05) is 6.61 Å². The Bertz CT molecular complexity index is 887. The van der Waals surface area contributed by atoms with Gasteiger partial charge in [-0.2, -0.15) is 0 Å². The fraction of sp³-hybridized carbons (Fsp3) is 0.536. The summed E-state index contributed by atoms with van der Waals surface area (Å²) in [5.41, 5.74) is 1.92. The van der Waals surface area contributed by atoms with Crippen molar-refractivity contribution in [2.45, 2.75) is 63.9 Å². The van der Waals surface area contributed by atoms with Gasteiger partial charge >= 0.3 is 5.97 Å². The number of carbonyl (C=O) groups excluding carboxylic acids is 1. The molecule has 5 rings (SSSR count). The van der Waals surface area contributed by atoms with E-state index in [1.165, 1.54) is 44.2 Å². The SMILES string of the molecule is O=C(Oc1ccc(-c2ccc(F)cc2)cc1)C1CCC(C2CCC(CC3CO3)CC2)CC1. The molecule has 170 valence electrons. The molecule has 1 atom stereocenters. The highest BCUT2D eigenvalue weighted by Gasteiger charge is 2.35. The van der Waals surface area contributed by atoms with Gasteiger partial charge in [0.2, 0.25) is 0 Å². The number of halogens is 1. The van der Waals surface area contributed by atoms with Crippen LogP contribution in [0, 0.1) is 29.5 Å². The first-order valence-corrected chi connectivity index (χ1v) is 12.3. The molecule has 0 amide bonds. The van der Waals surface area contributed by atoms with Gasteiger partial charge in [0.1, 0.15) is 11.6 Å². The maximum atomic E-state index is 13.1. The summed E-state index contributed by atoms with van der Waals surface area (Å²) in [5, 5.41) is 0. The summed E-state index contributed by atoms with van der Waals surface area (Å²) in [7, 11) is 0. The van der Waals surface area contributed by atoms with Crippen molar-refractivity contribution in [3.63, 3.8) is 0 Å². The Morgan fingerprint density at radius 2 is 1.34 bits per heavy atom. The summed E-state index contributed by atoms with van der Waals surface area (Å²) in [6.07, 6.45) is 11.5. The van der Waals surface area contributed by atoms with E-state index in [1.807, 2.05) is 24.3 Å². The van der Waals surface area contributed by atoms with E-state index in [0.717, 1.165) is 61.2 Å². The molecule has 2 aliphatic carbocycles. The van der Waals surface area contributed by atoms with Crippen LogP contribution in [-0.2, 0) is 9.53 Å². The van der Waals surface area contributed by atoms with Gasteiger partial charge < -0.3 is 9.47 Å². The number of carbonyl (C=O) groups is 1. The number of ether oxygens (including phenoxy) is 2. The van der Waals surface area contributed by atoms with Crippen LogP contribution in [0.5, 0.6) is 5.75 Å². The molecule has 3 aliphatic rings. The lowest BCUT2D eigenvalue weighted by atomic mass is 9.68. The average Bonchev–Trinajstić information content (AvgIpc) is 3.65. The normalized spacial score (nSPS) is 30.0. The smallest absolute Gasteiger partial charge is 0.314 e. The first-order valence-electron chi connectivity index (χ1n) is 12.3. The average molecular weight is 437 g/mol. The van der Waals surface area contributed by atoms with E-state index >= 15 is 0 Å². The number of hydrogen-bond acceptors (Lipinski definition) is 3. The standard InChI is InChI=1S/C28H33FO3/c29-25-13-9-22(10-14-25)23-11-15-26(16-12-23)32-28(30)24-7-5-21(6-8-24)20-3-1-19(2-4-20)17-27-18-31-27/h9-16,19-21,24,27H,1-8,17-18H2. The highest BCUT2D eigenvalue weighted by Crippen LogP contribution is 2.43. The molecule has 0 spiro atoms. The molecule has 32 heavy (non-hydrogen) atoms. The Morgan fingerprint density at radius 1 is 0.812 bits per heavy atom. The van der Waals surface area contributed by atoms with Crippen LogP contribution >= 0.6 is 0 Å². The molecule has 1 heterocycles. The first-order chi connectivity index (χ1) is 15.6. The highest BCUT2D eigenvalue weighted by atomic mass is 19.1. The number of hydrogen-bond donors (Lipinski definition) is 0. The van der Waals surface area contributed by atoms with E-state index in [-0.39, 0.29) is 17.7 Å². The summed E-state index contributed by atoms with van der Waals surface area (Å²) in [6, 6.07) is 13.9. The molecule has 1 unspecified atom stereocenters. The highest BCUT2D eigenvalue weighted by molar-refractivity contribution is 5.75. The number of benzene rings is 2. The summed E-state index contributed by atoms with van der Waals surface area (Å²) < 4.78 is 24.2. The lowest BCUT2D eigenvalue weighted by molar-refractivity contribution is -0.140. The maximum Gasteiger partial charge on any atom is 0.314 e. The van der Waals surface area contributed by atoms with Crippen LogP contribution in [0.1, 0.15) is 57.8 Å². The summed E-state index contributed by atoms with van der Waals surface area (Å²) in [4.78, 5) is 12.7. The van der Waals surface area contributed by atoms with Crippen LogP contribution in [0.3, 0.4) is 0 Å². The van der Waals surface area contributed by atoms with Crippen LogP contribution in [0.4, 0.5) is 4.39 Å². The lowest BCUT2D eigenvalue weighted by Gasteiger charge is -2.37. The molecule has 2 aromatic carbocycles. The molecule has 2 aromatic rings. The molecule has 0 N–H and O–H groups in total. The second-order valence-corrected chi connectivity index (χ2v) is 10.0. The molecule has 1 saturated heterocycles. The molecule has 3 nitrogen and oxygen atoms in total. The second-order valence-electron chi connectivity index (χ2n) is 10.0. The molecular formula is C28H33FO3. The van der Waals surface area contributed by atoms with Gasteiger partial charge in [-0.3, -0.25) is 4.79 Å². The monoisotopic (exact) mass is 436 g/mol. The number of rotatable bonds is 6. The topological polar surface area (TPSA) is 38.8 Å². The van der Waals surface area contributed by atoms with Crippen LogP contribution < -0.4 is 4.74 Å². The zero-order chi connectivity index (χ0) is 21.9. The third-order valence-corrected chi connectivity index (χ3v) is 7.91. The zero-order valence-corrected chi connectivity index (χ0v) is 18.7. The number of epoxide rings is 1. The van der Waals surface area contributed by atoms with Crippen molar-refractivity contribution in [1.82, 2.24) is 0 Å². The van der Waals surface area contributed by atoms with Gasteiger partial charge in [0.05, 0.1) is 18.6 Å². The summed E-state index contributed by atoms with van der Waals surface area (Å²) >= 11 is 0. The van der Waals surface area contributed by atoms with Crippen LogP contribution in [0.2, 0.25) is 0 Å². The molecule has 2 saturated carbocycles. The summed E-state index contributed by atoms with van der Waals surface area (Å²) in [5.74, 6) is 2.78. The van der Waals surface area contributed by atoms with Gasteiger partial charge in [-0.05, 0) is 98.1 Å².